The first kappa shape index (κ1) is 13.4. The molecule has 0 saturated carbocycles. The van der Waals surface area contributed by atoms with Gasteiger partial charge >= 0.3 is 0 Å². The van der Waals surface area contributed by atoms with Gasteiger partial charge in [0, 0.05) is 22.6 Å². The number of aromatic amines is 1. The molecule has 0 bridgehead atoms. The molecule has 1 N–H and O–H groups in total. The summed E-state index contributed by atoms with van der Waals surface area (Å²) in [6.07, 6.45) is 0.878. The Bertz CT molecular complexity index is 629. The number of halogens is 1. The molecule has 0 atom stereocenters. The Morgan fingerprint density at radius 2 is 1.83 bits per heavy atom. The van der Waals surface area contributed by atoms with Gasteiger partial charge in [-0.3, -0.25) is 4.98 Å². The zero-order chi connectivity index (χ0) is 13.3. The van der Waals surface area contributed by atoms with Gasteiger partial charge in [-0.25, -0.2) is 4.98 Å². The van der Waals surface area contributed by atoms with E-state index in [4.69, 9.17) is 12.2 Å². The number of aryl methyl sites for hydroxylation is 3. The van der Waals surface area contributed by atoms with E-state index in [-0.39, 0.29) is 0 Å². The fourth-order valence-corrected chi connectivity index (χ4v) is 2.54. The highest BCUT2D eigenvalue weighted by Gasteiger charge is 2.07. The molecule has 0 aliphatic carbocycles. The SMILES string of the molecule is CCc1[nH]c(-c2cc(C)nc(C)c2)nc(=S)c1Br. The van der Waals surface area contributed by atoms with Crippen molar-refractivity contribution in [2.75, 3.05) is 0 Å². The van der Waals surface area contributed by atoms with Crippen LogP contribution in [0.2, 0.25) is 0 Å². The van der Waals surface area contributed by atoms with Crippen LogP contribution in [0.1, 0.15) is 24.0 Å². The standard InChI is InChI=1S/C13H14BrN3S/c1-4-10-11(14)13(18)17-12(16-10)9-5-7(2)15-8(3)6-9/h5-6H,4H2,1-3H3,(H,16,17,18). The Kier molecular flexibility index (Phi) is 3.92. The maximum atomic E-state index is 5.27. The Balaban J connectivity index is 2.64. The van der Waals surface area contributed by atoms with E-state index in [0.29, 0.717) is 4.64 Å². The Morgan fingerprint density at radius 3 is 2.39 bits per heavy atom. The van der Waals surface area contributed by atoms with Crippen molar-refractivity contribution in [3.63, 3.8) is 0 Å². The lowest BCUT2D eigenvalue weighted by molar-refractivity contribution is 0.981. The number of nitrogens with zero attached hydrogens (tertiary/aromatic N) is 2. The van der Waals surface area contributed by atoms with Crippen molar-refractivity contribution in [3.8, 4) is 11.4 Å². The highest BCUT2D eigenvalue weighted by molar-refractivity contribution is 9.10. The van der Waals surface area contributed by atoms with Gasteiger partial charge in [0.25, 0.3) is 0 Å². The maximum absolute atomic E-state index is 5.27. The van der Waals surface area contributed by atoms with Gasteiger partial charge in [0.2, 0.25) is 0 Å². The molecule has 0 aliphatic rings. The number of nitrogens with one attached hydrogen (secondary N) is 1. The molecule has 2 aromatic rings. The zero-order valence-electron chi connectivity index (χ0n) is 10.5. The Hall–Kier alpha value is -1.07. The van der Waals surface area contributed by atoms with Crippen LogP contribution in [0, 0.1) is 18.5 Å². The topological polar surface area (TPSA) is 41.6 Å². The van der Waals surface area contributed by atoms with Gasteiger partial charge in [0.15, 0.2) is 0 Å². The third-order valence-corrected chi connectivity index (χ3v) is 4.06. The van der Waals surface area contributed by atoms with Crippen LogP contribution in [-0.4, -0.2) is 15.0 Å². The fraction of sp³-hybridized carbons (Fsp3) is 0.308. The maximum Gasteiger partial charge on any atom is 0.144 e. The van der Waals surface area contributed by atoms with Crippen molar-refractivity contribution in [1.29, 1.82) is 0 Å². The second kappa shape index (κ2) is 5.28. The molecule has 0 amide bonds. The molecule has 0 spiro atoms. The molecule has 0 aliphatic heterocycles. The van der Waals surface area contributed by atoms with Crippen LogP contribution in [0.4, 0.5) is 0 Å². The molecule has 0 saturated heterocycles. The third kappa shape index (κ3) is 2.67. The van der Waals surface area contributed by atoms with Crippen molar-refractivity contribution in [1.82, 2.24) is 15.0 Å². The predicted octanol–water partition coefficient (Wildman–Crippen LogP) is 4.14. The monoisotopic (exact) mass is 323 g/mol. The van der Waals surface area contributed by atoms with Crippen LogP contribution in [0.15, 0.2) is 16.6 Å². The zero-order valence-corrected chi connectivity index (χ0v) is 12.9. The lowest BCUT2D eigenvalue weighted by atomic mass is 10.2. The summed E-state index contributed by atoms with van der Waals surface area (Å²) in [7, 11) is 0. The minimum atomic E-state index is 0.590. The van der Waals surface area contributed by atoms with Crippen LogP contribution in [0.25, 0.3) is 11.4 Å². The van der Waals surface area contributed by atoms with E-state index < -0.39 is 0 Å². The van der Waals surface area contributed by atoms with Gasteiger partial charge in [-0.1, -0.05) is 19.1 Å². The molecule has 0 aromatic carbocycles. The van der Waals surface area contributed by atoms with Gasteiger partial charge < -0.3 is 4.98 Å². The summed E-state index contributed by atoms with van der Waals surface area (Å²) in [5.41, 5.74) is 4.05. The first-order valence-corrected chi connectivity index (χ1v) is 6.95. The van der Waals surface area contributed by atoms with Crippen molar-refractivity contribution in [2.24, 2.45) is 0 Å². The predicted molar refractivity (Wildman–Crippen MR) is 79.2 cm³/mol. The first-order valence-electron chi connectivity index (χ1n) is 5.75. The second-order valence-electron chi connectivity index (χ2n) is 4.18. The van der Waals surface area contributed by atoms with Crippen LogP contribution in [-0.2, 0) is 6.42 Å². The van der Waals surface area contributed by atoms with Gasteiger partial charge in [0.05, 0.1) is 4.47 Å². The highest BCUT2D eigenvalue weighted by atomic mass is 79.9. The fourth-order valence-electron chi connectivity index (χ4n) is 1.86. The summed E-state index contributed by atoms with van der Waals surface area (Å²) in [5, 5.41) is 0. The lowest BCUT2D eigenvalue weighted by Gasteiger charge is -2.08. The lowest BCUT2D eigenvalue weighted by Crippen LogP contribution is -1.98. The summed E-state index contributed by atoms with van der Waals surface area (Å²) in [4.78, 5) is 12.1. The van der Waals surface area contributed by atoms with Crippen molar-refractivity contribution < 1.29 is 0 Å². The molecule has 2 aromatic heterocycles. The van der Waals surface area contributed by atoms with E-state index in [1.165, 1.54) is 0 Å². The van der Waals surface area contributed by atoms with Crippen LogP contribution < -0.4 is 0 Å². The quantitative estimate of drug-likeness (QED) is 0.844. The summed E-state index contributed by atoms with van der Waals surface area (Å²) >= 11 is 8.73. The number of hydrogen-bond donors (Lipinski definition) is 1. The molecule has 2 heterocycles. The molecule has 0 radical (unpaired) electrons. The number of hydrogen-bond acceptors (Lipinski definition) is 3. The summed E-state index contributed by atoms with van der Waals surface area (Å²) in [5.74, 6) is 0.800. The average molecular weight is 324 g/mol. The van der Waals surface area contributed by atoms with Gasteiger partial charge in [-0.05, 0) is 48.3 Å². The highest BCUT2D eigenvalue weighted by Crippen LogP contribution is 2.22. The van der Waals surface area contributed by atoms with Gasteiger partial charge in [-0.2, -0.15) is 0 Å². The third-order valence-electron chi connectivity index (χ3n) is 2.64. The molecule has 0 unspecified atom stereocenters. The Morgan fingerprint density at radius 1 is 1.22 bits per heavy atom. The molecule has 5 heteroatoms. The molecule has 0 fully saturated rings. The minimum absolute atomic E-state index is 0.590. The van der Waals surface area contributed by atoms with E-state index in [0.717, 1.165) is 39.4 Å². The average Bonchev–Trinajstić information content (AvgIpc) is 2.31. The first-order chi connectivity index (χ1) is 8.51. The molecular weight excluding hydrogens is 310 g/mol. The number of aromatic nitrogens is 3. The van der Waals surface area contributed by atoms with Crippen LogP contribution in [0.5, 0.6) is 0 Å². The number of rotatable bonds is 2. The minimum Gasteiger partial charge on any atom is -0.342 e. The van der Waals surface area contributed by atoms with Crippen molar-refractivity contribution in [3.05, 3.63) is 38.3 Å². The molecular formula is C13H14BrN3S. The molecule has 18 heavy (non-hydrogen) atoms. The summed E-state index contributed by atoms with van der Waals surface area (Å²) < 4.78 is 1.47. The summed E-state index contributed by atoms with van der Waals surface area (Å²) in [6.45, 7) is 6.04. The van der Waals surface area contributed by atoms with Crippen LogP contribution >= 0.6 is 28.1 Å². The van der Waals surface area contributed by atoms with Crippen molar-refractivity contribution in [2.45, 2.75) is 27.2 Å². The smallest absolute Gasteiger partial charge is 0.144 e. The van der Waals surface area contributed by atoms with Gasteiger partial charge in [-0.15, -0.1) is 0 Å². The second-order valence-corrected chi connectivity index (χ2v) is 5.35. The van der Waals surface area contributed by atoms with E-state index in [2.05, 4.69) is 37.8 Å². The summed E-state index contributed by atoms with van der Waals surface area (Å²) in [6, 6.07) is 4.02. The number of H-pyrrole nitrogens is 1. The van der Waals surface area contributed by atoms with Gasteiger partial charge in [0.1, 0.15) is 10.5 Å². The Labute approximate surface area is 120 Å². The normalized spacial score (nSPS) is 10.7. The molecule has 94 valence electrons. The van der Waals surface area contributed by atoms with E-state index in [1.807, 2.05) is 26.0 Å². The van der Waals surface area contributed by atoms with E-state index in [9.17, 15) is 0 Å². The molecule has 2 rings (SSSR count). The van der Waals surface area contributed by atoms with Crippen LogP contribution in [0.3, 0.4) is 0 Å². The van der Waals surface area contributed by atoms with E-state index in [1.54, 1.807) is 0 Å². The van der Waals surface area contributed by atoms with Crippen molar-refractivity contribution >= 4 is 28.1 Å². The largest absolute Gasteiger partial charge is 0.342 e. The van der Waals surface area contributed by atoms with E-state index >= 15 is 0 Å². The molecule has 3 nitrogen and oxygen atoms in total. The number of pyridine rings is 1.